The van der Waals surface area contributed by atoms with E-state index in [0.717, 1.165) is 38.6 Å². The fourth-order valence-corrected chi connectivity index (χ4v) is 7.49. The molecule has 0 aromatic rings. The molecule has 0 spiro atoms. The maximum Gasteiger partial charge on any atom is 0.331 e. The van der Waals surface area contributed by atoms with Gasteiger partial charge in [-0.15, -0.1) is 0 Å². The van der Waals surface area contributed by atoms with Gasteiger partial charge in [0.05, 0.1) is 6.61 Å². The maximum atomic E-state index is 14.2. The number of carbonyl (C=O) groups excluding carboxylic acids is 11. The minimum absolute atomic E-state index is 0.0122. The van der Waals surface area contributed by atoms with Crippen molar-refractivity contribution in [3.63, 3.8) is 0 Å². The number of aliphatic hydroxyl groups is 1. The molecule has 0 saturated carbocycles. The summed E-state index contributed by atoms with van der Waals surface area (Å²) in [6, 6.07) is -11.6. The molecule has 23 nitrogen and oxygen atoms in total. The number of hydrogen-bond acceptors (Lipinski definition) is 12. The molecule has 0 aromatic carbocycles. The molecule has 0 rings (SSSR count). The van der Waals surface area contributed by atoms with Gasteiger partial charge in [0.2, 0.25) is 35.9 Å². The average molecular weight is 982 g/mol. The lowest BCUT2D eigenvalue weighted by atomic mass is 9.96. The second kappa shape index (κ2) is 28.6. The van der Waals surface area contributed by atoms with Crippen molar-refractivity contribution in [3.8, 4) is 0 Å². The number of aliphatic hydroxyl groups excluding tert-OH is 1. The number of carbonyl (C=O) groups is 11. The Morgan fingerprint density at radius 1 is 0.493 bits per heavy atom. The monoisotopic (exact) mass is 982 g/mol. The van der Waals surface area contributed by atoms with Crippen LogP contribution in [-0.4, -0.2) is 211 Å². The number of nitrogens with zero attached hydrogens (tertiary/aromatic N) is 7. The van der Waals surface area contributed by atoms with Gasteiger partial charge in [-0.1, -0.05) is 69.2 Å². The summed E-state index contributed by atoms with van der Waals surface area (Å²) in [5, 5.41) is 20.3. The molecule has 0 radical (unpaired) electrons. The fraction of sp³-hybridized carbons (Fsp3) is 0.761. The van der Waals surface area contributed by atoms with Crippen molar-refractivity contribution < 1.29 is 57.8 Å². The van der Waals surface area contributed by atoms with Crippen LogP contribution in [0.5, 0.6) is 0 Å². The summed E-state index contributed by atoms with van der Waals surface area (Å²) in [5.74, 6) is -6.25. The molecule has 0 aliphatic carbocycles. The first-order valence-corrected chi connectivity index (χ1v) is 23.3. The molecule has 0 bridgehead atoms. The highest BCUT2D eigenvalue weighted by molar-refractivity contribution is 6.05. The Morgan fingerprint density at radius 3 is 1.35 bits per heavy atom. The van der Waals surface area contributed by atoms with Gasteiger partial charge >= 0.3 is 18.1 Å². The van der Waals surface area contributed by atoms with Crippen molar-refractivity contribution in [3.05, 3.63) is 0 Å². The molecule has 0 heterocycles. The Bertz CT molecular complexity index is 1830. The van der Waals surface area contributed by atoms with Crippen LogP contribution in [0.4, 0.5) is 14.4 Å². The van der Waals surface area contributed by atoms with Gasteiger partial charge in [0.15, 0.2) is 0 Å². The number of hydrogen-bond donors (Lipinski definition) is 5. The van der Waals surface area contributed by atoms with Crippen LogP contribution in [0.1, 0.15) is 95.4 Å². The first-order chi connectivity index (χ1) is 31.7. The minimum Gasteiger partial charge on any atom is -0.394 e. The lowest BCUT2D eigenvalue weighted by Gasteiger charge is -2.37. The summed E-state index contributed by atoms with van der Waals surface area (Å²) in [7, 11) is 10.2. The number of likely N-dealkylation sites (N-methyl/N-ethyl adjacent to an activating group) is 8. The van der Waals surface area contributed by atoms with Crippen molar-refractivity contribution in [1.82, 2.24) is 55.6 Å². The fourth-order valence-electron chi connectivity index (χ4n) is 7.49. The van der Waals surface area contributed by atoms with Crippen LogP contribution in [0.3, 0.4) is 0 Å². The van der Waals surface area contributed by atoms with E-state index < -0.39 is 120 Å². The zero-order chi connectivity index (χ0) is 54.1. The minimum atomic E-state index is -1.66. The first kappa shape index (κ1) is 63.1. The van der Waals surface area contributed by atoms with Gasteiger partial charge in [0.1, 0.15) is 42.3 Å². The normalized spacial score (nSPS) is 14.3. The molecular weight excluding hydrogens is 899 g/mol. The molecule has 0 saturated heterocycles. The van der Waals surface area contributed by atoms with Gasteiger partial charge in [-0.3, -0.25) is 53.5 Å². The van der Waals surface area contributed by atoms with Crippen LogP contribution in [0, 0.1) is 29.6 Å². The van der Waals surface area contributed by atoms with E-state index in [0.29, 0.717) is 11.3 Å². The van der Waals surface area contributed by atoms with Crippen molar-refractivity contribution in [2.24, 2.45) is 29.6 Å². The Kier molecular flexibility index (Phi) is 26.1. The van der Waals surface area contributed by atoms with E-state index in [1.54, 1.807) is 41.5 Å². The largest absolute Gasteiger partial charge is 0.394 e. The third kappa shape index (κ3) is 17.9. The lowest BCUT2D eigenvalue weighted by molar-refractivity contribution is -0.147. The van der Waals surface area contributed by atoms with Crippen molar-refractivity contribution >= 4 is 65.9 Å². The molecule has 0 fully saturated rings. The van der Waals surface area contributed by atoms with E-state index in [4.69, 9.17) is 0 Å². The third-order valence-electron chi connectivity index (χ3n) is 11.8. The quantitative estimate of drug-likeness (QED) is 0.0839. The van der Waals surface area contributed by atoms with Crippen LogP contribution in [0.25, 0.3) is 0 Å². The van der Waals surface area contributed by atoms with Gasteiger partial charge in [0, 0.05) is 56.4 Å². The molecule has 69 heavy (non-hydrogen) atoms. The highest BCUT2D eigenvalue weighted by atomic mass is 16.3. The Morgan fingerprint density at radius 2 is 0.942 bits per heavy atom. The van der Waals surface area contributed by atoms with Crippen LogP contribution >= 0.6 is 0 Å². The van der Waals surface area contributed by atoms with Crippen molar-refractivity contribution in [1.29, 1.82) is 0 Å². The molecule has 7 atom stereocenters. The third-order valence-corrected chi connectivity index (χ3v) is 11.8. The van der Waals surface area contributed by atoms with E-state index >= 15 is 0 Å². The van der Waals surface area contributed by atoms with Gasteiger partial charge in [-0.2, -0.15) is 0 Å². The second-order valence-electron chi connectivity index (χ2n) is 19.6. The zero-order valence-electron chi connectivity index (χ0n) is 44.4. The van der Waals surface area contributed by atoms with E-state index in [-0.39, 0.29) is 37.0 Å². The summed E-state index contributed by atoms with van der Waals surface area (Å²) in [5.41, 5.74) is 0. The predicted octanol–water partition coefficient (Wildman–Crippen LogP) is 0.743. The molecule has 0 aliphatic heterocycles. The molecule has 5 N–H and O–H groups in total. The van der Waals surface area contributed by atoms with E-state index in [9.17, 15) is 57.8 Å². The van der Waals surface area contributed by atoms with Crippen molar-refractivity contribution in [2.45, 2.75) is 138 Å². The summed E-state index contributed by atoms with van der Waals surface area (Å²) >= 11 is 0. The molecule has 0 aliphatic rings. The predicted molar refractivity (Wildman–Crippen MR) is 257 cm³/mol. The summed E-state index contributed by atoms with van der Waals surface area (Å²) in [4.78, 5) is 154. The van der Waals surface area contributed by atoms with Crippen molar-refractivity contribution in [2.75, 3.05) is 63.0 Å². The number of imide groups is 3. The average Bonchev–Trinajstić information content (AvgIpc) is 3.27. The first-order valence-electron chi connectivity index (χ1n) is 23.3. The van der Waals surface area contributed by atoms with Crippen LogP contribution in [0.2, 0.25) is 0 Å². The second-order valence-corrected chi connectivity index (χ2v) is 19.6. The molecule has 14 amide bonds. The Hall–Kier alpha value is -5.87. The van der Waals surface area contributed by atoms with E-state index in [2.05, 4.69) is 16.0 Å². The topological polar surface area (TPSA) is 279 Å². The van der Waals surface area contributed by atoms with E-state index in [1.807, 2.05) is 33.0 Å². The van der Waals surface area contributed by atoms with Gasteiger partial charge in [-0.25, -0.2) is 14.4 Å². The molecule has 1 unspecified atom stereocenters. The number of amides is 14. The molecule has 394 valence electrons. The number of rotatable bonds is 24. The van der Waals surface area contributed by atoms with Gasteiger partial charge in [0.25, 0.3) is 11.8 Å². The summed E-state index contributed by atoms with van der Waals surface area (Å²) in [6.07, 6.45) is 1.04. The highest BCUT2D eigenvalue weighted by Crippen LogP contribution is 2.20. The molecule has 0 aromatic heterocycles. The Balaban J connectivity index is 6.43. The standard InChI is InChI=1S/C46H83N11O12/c1-25(2)20-31(38(61)48-30(11)37(60)47-12)53(15)42(65)35(28(7)8)49-39(62)32(21-26(3)4)52(14)41(64)34(23-58)54(16)44(67)50-45(68)56(18)43(66)36(29(9)10)55(17)46(69)57(19)40(63)33(22-27(5)6)51(13)24-59/h24-36,58H,20-23H2,1-19H3,(H,47,60)(H,48,61)(H,49,62)(H,50,67,68)/t30-,31+,32+,33+,34?,35+,36+/m1/s1. The zero-order valence-corrected chi connectivity index (χ0v) is 44.4. The van der Waals surface area contributed by atoms with E-state index in [1.165, 1.54) is 54.1 Å². The Labute approximate surface area is 408 Å². The van der Waals surface area contributed by atoms with Crippen LogP contribution in [0.15, 0.2) is 0 Å². The van der Waals surface area contributed by atoms with Gasteiger partial charge < -0.3 is 45.6 Å². The maximum absolute atomic E-state index is 14.2. The number of urea groups is 3. The molecular formula is C46H83N11O12. The smallest absolute Gasteiger partial charge is 0.331 e. The number of nitrogens with one attached hydrogen (secondary N) is 4. The summed E-state index contributed by atoms with van der Waals surface area (Å²) in [6.45, 7) is 18.2. The summed E-state index contributed by atoms with van der Waals surface area (Å²) < 4.78 is 0. The lowest BCUT2D eigenvalue weighted by Crippen LogP contribution is -2.61. The highest BCUT2D eigenvalue weighted by Gasteiger charge is 2.41. The van der Waals surface area contributed by atoms with Crippen LogP contribution < -0.4 is 21.3 Å². The molecule has 23 heteroatoms. The van der Waals surface area contributed by atoms with Crippen LogP contribution in [-0.2, 0) is 38.4 Å². The van der Waals surface area contributed by atoms with Gasteiger partial charge in [-0.05, 0) is 55.8 Å². The SMILES string of the molecule is CNC(=O)[C@@H](C)NC(=O)[C@H](CC(C)C)N(C)C(=O)[C@@H](NC(=O)[C@H](CC(C)C)N(C)C(=O)C(CO)N(C)C(=O)NC(=O)N(C)C(=O)[C@H](C(C)C)N(C)C(=O)N(C)C(=O)[C@H](CC(C)C)N(C)C=O)C(C)C.